The summed E-state index contributed by atoms with van der Waals surface area (Å²) in [4.78, 5) is 11.6. The molecule has 0 heterocycles. The standard InChI is InChI=1S/C16H27ClO3/c1-5-6-19-7-8-20-10-14-11(2)9-12(3)15(13(14)4)16(17)18/h5,11-15H,1,6-10H2,2-4H3. The number of rotatable bonds is 8. The third-order valence-electron chi connectivity index (χ3n) is 4.51. The number of hydrogen-bond acceptors (Lipinski definition) is 3. The minimum Gasteiger partial charge on any atom is -0.379 e. The van der Waals surface area contributed by atoms with Crippen LogP contribution in [0.3, 0.4) is 0 Å². The van der Waals surface area contributed by atoms with E-state index in [1.165, 1.54) is 0 Å². The highest BCUT2D eigenvalue weighted by atomic mass is 35.5. The van der Waals surface area contributed by atoms with Crippen LogP contribution >= 0.6 is 11.6 Å². The molecule has 0 aromatic heterocycles. The molecule has 0 bridgehead atoms. The molecule has 5 unspecified atom stereocenters. The largest absolute Gasteiger partial charge is 0.379 e. The Bertz CT molecular complexity index is 319. The van der Waals surface area contributed by atoms with Gasteiger partial charge in [-0.05, 0) is 41.7 Å². The fraction of sp³-hybridized carbons (Fsp3) is 0.812. The zero-order valence-corrected chi connectivity index (χ0v) is 13.6. The maximum Gasteiger partial charge on any atom is 0.225 e. The number of carbonyl (C=O) groups excluding carboxylic acids is 1. The fourth-order valence-electron chi connectivity index (χ4n) is 3.46. The molecule has 3 nitrogen and oxygen atoms in total. The van der Waals surface area contributed by atoms with Gasteiger partial charge in [-0.1, -0.05) is 26.8 Å². The minimum atomic E-state index is -0.198. The van der Waals surface area contributed by atoms with Crippen molar-refractivity contribution in [3.05, 3.63) is 12.7 Å². The molecule has 0 amide bonds. The minimum absolute atomic E-state index is 0.0431. The van der Waals surface area contributed by atoms with Gasteiger partial charge in [0.1, 0.15) is 0 Å². The van der Waals surface area contributed by atoms with Gasteiger partial charge in [0, 0.05) is 5.92 Å². The van der Waals surface area contributed by atoms with Crippen LogP contribution in [-0.2, 0) is 14.3 Å². The van der Waals surface area contributed by atoms with E-state index in [1.54, 1.807) is 6.08 Å². The lowest BCUT2D eigenvalue weighted by Gasteiger charge is -2.42. The van der Waals surface area contributed by atoms with Crippen LogP contribution in [0, 0.1) is 29.6 Å². The van der Waals surface area contributed by atoms with E-state index in [-0.39, 0.29) is 17.1 Å². The second-order valence-corrected chi connectivity index (χ2v) is 6.35. The van der Waals surface area contributed by atoms with Crippen LogP contribution in [0.25, 0.3) is 0 Å². The van der Waals surface area contributed by atoms with Crippen molar-refractivity contribution in [2.75, 3.05) is 26.4 Å². The first-order valence-corrected chi connectivity index (χ1v) is 7.82. The van der Waals surface area contributed by atoms with E-state index >= 15 is 0 Å². The average Bonchev–Trinajstić information content (AvgIpc) is 2.35. The first-order chi connectivity index (χ1) is 9.49. The molecule has 4 heteroatoms. The van der Waals surface area contributed by atoms with E-state index in [2.05, 4.69) is 27.4 Å². The highest BCUT2D eigenvalue weighted by Crippen LogP contribution is 2.43. The van der Waals surface area contributed by atoms with Crippen LogP contribution in [-0.4, -0.2) is 31.7 Å². The summed E-state index contributed by atoms with van der Waals surface area (Å²) in [7, 11) is 0. The van der Waals surface area contributed by atoms with Crippen molar-refractivity contribution < 1.29 is 14.3 Å². The van der Waals surface area contributed by atoms with Gasteiger partial charge >= 0.3 is 0 Å². The van der Waals surface area contributed by atoms with E-state index in [4.69, 9.17) is 21.1 Å². The summed E-state index contributed by atoms with van der Waals surface area (Å²) < 4.78 is 11.0. The smallest absolute Gasteiger partial charge is 0.225 e. The monoisotopic (exact) mass is 302 g/mol. The molecule has 20 heavy (non-hydrogen) atoms. The highest BCUT2D eigenvalue weighted by molar-refractivity contribution is 6.64. The van der Waals surface area contributed by atoms with Gasteiger partial charge in [0.25, 0.3) is 0 Å². The molecule has 0 aromatic carbocycles. The average molecular weight is 303 g/mol. The van der Waals surface area contributed by atoms with Crippen molar-refractivity contribution in [3.8, 4) is 0 Å². The normalized spacial score (nSPS) is 33.9. The molecule has 1 saturated carbocycles. The molecule has 1 aliphatic rings. The fourth-order valence-corrected chi connectivity index (χ4v) is 3.87. The Morgan fingerprint density at radius 2 is 1.90 bits per heavy atom. The molecule has 0 radical (unpaired) electrons. The summed E-state index contributed by atoms with van der Waals surface area (Å²) in [5, 5.41) is -0.198. The SMILES string of the molecule is C=CCOCCOCC1C(C)CC(C)C(C(=O)Cl)C1C. The third-order valence-corrected chi connectivity index (χ3v) is 4.76. The Labute approximate surface area is 127 Å². The lowest BCUT2D eigenvalue weighted by Crippen LogP contribution is -2.41. The second kappa shape index (κ2) is 8.81. The maximum absolute atomic E-state index is 11.6. The molecule has 1 aliphatic carbocycles. The van der Waals surface area contributed by atoms with Crippen molar-refractivity contribution in [2.24, 2.45) is 29.6 Å². The topological polar surface area (TPSA) is 35.5 Å². The highest BCUT2D eigenvalue weighted by Gasteiger charge is 2.41. The molecule has 5 atom stereocenters. The van der Waals surface area contributed by atoms with E-state index in [1.807, 2.05) is 0 Å². The zero-order valence-electron chi connectivity index (χ0n) is 12.8. The predicted octanol–water partition coefficient (Wildman–Crippen LogP) is 3.52. The molecular weight excluding hydrogens is 276 g/mol. The lowest BCUT2D eigenvalue weighted by molar-refractivity contribution is -0.122. The van der Waals surface area contributed by atoms with E-state index in [0.717, 1.165) is 6.42 Å². The van der Waals surface area contributed by atoms with Gasteiger partial charge in [0.15, 0.2) is 0 Å². The van der Waals surface area contributed by atoms with E-state index in [9.17, 15) is 4.79 Å². The molecule has 0 saturated heterocycles. The summed E-state index contributed by atoms with van der Waals surface area (Å²) in [6.45, 7) is 12.5. The molecule has 0 spiro atoms. The summed E-state index contributed by atoms with van der Waals surface area (Å²) in [5.41, 5.74) is 0. The van der Waals surface area contributed by atoms with Gasteiger partial charge in [-0.25, -0.2) is 0 Å². The summed E-state index contributed by atoms with van der Waals surface area (Å²) in [6, 6.07) is 0. The Morgan fingerprint density at radius 1 is 1.25 bits per heavy atom. The number of carbonyl (C=O) groups is 1. The quantitative estimate of drug-likeness (QED) is 0.391. The van der Waals surface area contributed by atoms with E-state index < -0.39 is 0 Å². The van der Waals surface area contributed by atoms with Gasteiger partial charge in [0.05, 0.1) is 26.4 Å². The molecule has 0 aromatic rings. The molecule has 1 fully saturated rings. The summed E-state index contributed by atoms with van der Waals surface area (Å²) in [5.74, 6) is 1.53. The molecule has 1 rings (SSSR count). The zero-order chi connectivity index (χ0) is 15.1. The summed E-state index contributed by atoms with van der Waals surface area (Å²) >= 11 is 5.77. The van der Waals surface area contributed by atoms with Crippen LogP contribution in [0.5, 0.6) is 0 Å². The van der Waals surface area contributed by atoms with Crippen LogP contribution < -0.4 is 0 Å². The first-order valence-electron chi connectivity index (χ1n) is 7.44. The predicted molar refractivity (Wildman–Crippen MR) is 81.8 cm³/mol. The Hall–Kier alpha value is -0.380. The summed E-state index contributed by atoms with van der Waals surface area (Å²) in [6.07, 6.45) is 2.76. The maximum atomic E-state index is 11.6. The van der Waals surface area contributed by atoms with Crippen molar-refractivity contribution >= 4 is 16.8 Å². The lowest BCUT2D eigenvalue weighted by atomic mass is 9.64. The van der Waals surface area contributed by atoms with Crippen LogP contribution in [0.1, 0.15) is 27.2 Å². The van der Waals surface area contributed by atoms with Crippen LogP contribution in [0.15, 0.2) is 12.7 Å². The third kappa shape index (κ3) is 4.87. The first kappa shape index (κ1) is 17.7. The van der Waals surface area contributed by atoms with Crippen molar-refractivity contribution in [2.45, 2.75) is 27.2 Å². The van der Waals surface area contributed by atoms with Gasteiger partial charge < -0.3 is 9.47 Å². The van der Waals surface area contributed by atoms with E-state index in [0.29, 0.717) is 44.2 Å². The molecule has 0 aliphatic heterocycles. The Kier molecular flexibility index (Phi) is 7.78. The van der Waals surface area contributed by atoms with Crippen molar-refractivity contribution in [3.63, 3.8) is 0 Å². The Balaban J connectivity index is 2.42. The molecule has 116 valence electrons. The van der Waals surface area contributed by atoms with Crippen LogP contribution in [0.2, 0.25) is 0 Å². The number of hydrogen-bond donors (Lipinski definition) is 0. The van der Waals surface area contributed by atoms with Gasteiger partial charge in [0.2, 0.25) is 5.24 Å². The Morgan fingerprint density at radius 3 is 2.50 bits per heavy atom. The molecule has 0 N–H and O–H groups in total. The van der Waals surface area contributed by atoms with Gasteiger partial charge in [-0.2, -0.15) is 0 Å². The number of ether oxygens (including phenoxy) is 2. The second-order valence-electron chi connectivity index (χ2n) is 5.98. The molecular formula is C16H27ClO3. The van der Waals surface area contributed by atoms with Crippen LogP contribution in [0.4, 0.5) is 0 Å². The van der Waals surface area contributed by atoms with Gasteiger partial charge in [-0.3, -0.25) is 4.79 Å². The van der Waals surface area contributed by atoms with Gasteiger partial charge in [-0.15, -0.1) is 6.58 Å². The van der Waals surface area contributed by atoms with Crippen molar-refractivity contribution in [1.29, 1.82) is 0 Å². The number of halogens is 1. The van der Waals surface area contributed by atoms with Crippen molar-refractivity contribution in [1.82, 2.24) is 0 Å².